The summed E-state index contributed by atoms with van der Waals surface area (Å²) < 4.78 is 18.7. The molecule has 0 atom stereocenters. The molecule has 1 fully saturated rings. The number of nitrogens with one attached hydrogen (secondary N) is 1. The molecular formula is C16H26FIN4O. The van der Waals surface area contributed by atoms with Crippen LogP contribution in [0.25, 0.3) is 0 Å². The molecule has 0 radical (unpaired) electrons. The van der Waals surface area contributed by atoms with Crippen molar-refractivity contribution >= 4 is 29.9 Å². The summed E-state index contributed by atoms with van der Waals surface area (Å²) in [5.74, 6) is 0.253. The molecule has 3 N–H and O–H groups in total. The molecule has 0 spiro atoms. The summed E-state index contributed by atoms with van der Waals surface area (Å²) in [7, 11) is 0. The Balaban J connectivity index is 0.00000264. The number of guanidine groups is 1. The Morgan fingerprint density at radius 1 is 1.30 bits per heavy atom. The quantitative estimate of drug-likeness (QED) is 0.295. The maximum Gasteiger partial charge on any atom is 0.188 e. The van der Waals surface area contributed by atoms with Crippen molar-refractivity contribution in [2.75, 3.05) is 45.9 Å². The Bertz CT molecular complexity index is 481. The van der Waals surface area contributed by atoms with Gasteiger partial charge in [0.1, 0.15) is 5.82 Å². The van der Waals surface area contributed by atoms with Gasteiger partial charge in [-0.3, -0.25) is 9.89 Å². The van der Waals surface area contributed by atoms with E-state index in [1.165, 1.54) is 6.07 Å². The SMILES string of the molecule is I.NC(=NCCCN1CCOCC1)NCCc1ccccc1F. The van der Waals surface area contributed by atoms with Crippen molar-refractivity contribution in [1.29, 1.82) is 0 Å². The Kier molecular flexibility index (Phi) is 10.1. The summed E-state index contributed by atoms with van der Waals surface area (Å²) in [6.45, 7) is 5.96. The number of nitrogens with zero attached hydrogens (tertiary/aromatic N) is 2. The summed E-state index contributed by atoms with van der Waals surface area (Å²) in [4.78, 5) is 6.67. The van der Waals surface area contributed by atoms with Crippen LogP contribution in [0.2, 0.25) is 0 Å². The van der Waals surface area contributed by atoms with E-state index in [1.807, 2.05) is 6.07 Å². The average Bonchev–Trinajstić information content (AvgIpc) is 2.54. The second kappa shape index (κ2) is 11.6. The van der Waals surface area contributed by atoms with Crippen LogP contribution in [0, 0.1) is 5.82 Å². The van der Waals surface area contributed by atoms with Crippen molar-refractivity contribution in [3.8, 4) is 0 Å². The standard InChI is InChI=1S/C16H25FN4O.HI/c17-15-5-2-1-4-14(15)6-8-20-16(18)19-7-3-9-21-10-12-22-13-11-21;/h1-2,4-5H,3,6-13H2,(H3,18,19,20);1H. The van der Waals surface area contributed by atoms with Gasteiger partial charge in [0.05, 0.1) is 13.2 Å². The van der Waals surface area contributed by atoms with Crippen LogP contribution in [0.4, 0.5) is 4.39 Å². The van der Waals surface area contributed by atoms with E-state index in [-0.39, 0.29) is 29.8 Å². The number of nitrogens with two attached hydrogens (primary N) is 1. The first-order chi connectivity index (χ1) is 10.8. The van der Waals surface area contributed by atoms with E-state index in [4.69, 9.17) is 10.5 Å². The number of ether oxygens (including phenoxy) is 1. The summed E-state index contributed by atoms with van der Waals surface area (Å²) in [6, 6.07) is 6.78. The Morgan fingerprint density at radius 2 is 2.04 bits per heavy atom. The molecule has 1 aromatic carbocycles. The van der Waals surface area contributed by atoms with E-state index < -0.39 is 0 Å². The second-order valence-electron chi connectivity index (χ2n) is 5.34. The zero-order valence-electron chi connectivity index (χ0n) is 13.3. The number of rotatable bonds is 7. The van der Waals surface area contributed by atoms with Gasteiger partial charge in [-0.05, 0) is 24.5 Å². The molecule has 1 heterocycles. The fraction of sp³-hybridized carbons (Fsp3) is 0.562. The van der Waals surface area contributed by atoms with Crippen molar-refractivity contribution in [2.45, 2.75) is 12.8 Å². The molecule has 0 saturated carbocycles. The lowest BCUT2D eigenvalue weighted by Gasteiger charge is -2.26. The molecule has 0 bridgehead atoms. The number of hydrogen-bond acceptors (Lipinski definition) is 3. The highest BCUT2D eigenvalue weighted by Crippen LogP contribution is 2.06. The predicted octanol–water partition coefficient (Wildman–Crippen LogP) is 1.61. The molecule has 7 heteroatoms. The van der Waals surface area contributed by atoms with Gasteiger partial charge in [0, 0.05) is 32.7 Å². The van der Waals surface area contributed by atoms with Crippen LogP contribution in [0.5, 0.6) is 0 Å². The normalized spacial score (nSPS) is 16.0. The minimum atomic E-state index is -0.176. The minimum Gasteiger partial charge on any atom is -0.379 e. The van der Waals surface area contributed by atoms with Gasteiger partial charge >= 0.3 is 0 Å². The van der Waals surface area contributed by atoms with Gasteiger partial charge < -0.3 is 15.8 Å². The van der Waals surface area contributed by atoms with Crippen molar-refractivity contribution < 1.29 is 9.13 Å². The lowest BCUT2D eigenvalue weighted by Crippen LogP contribution is -2.37. The highest BCUT2D eigenvalue weighted by Gasteiger charge is 2.08. The van der Waals surface area contributed by atoms with Crippen LogP contribution in [0.3, 0.4) is 0 Å². The van der Waals surface area contributed by atoms with E-state index in [1.54, 1.807) is 12.1 Å². The third kappa shape index (κ3) is 7.94. The summed E-state index contributed by atoms with van der Waals surface area (Å²) in [6.07, 6.45) is 1.58. The smallest absolute Gasteiger partial charge is 0.188 e. The Labute approximate surface area is 154 Å². The number of aliphatic imine (C=N–C) groups is 1. The van der Waals surface area contributed by atoms with Crippen LogP contribution in [0.1, 0.15) is 12.0 Å². The van der Waals surface area contributed by atoms with Crippen LogP contribution in [-0.4, -0.2) is 56.8 Å². The minimum absolute atomic E-state index is 0. The average molecular weight is 436 g/mol. The summed E-state index contributed by atoms with van der Waals surface area (Å²) in [5.41, 5.74) is 6.50. The van der Waals surface area contributed by atoms with Crippen molar-refractivity contribution in [3.63, 3.8) is 0 Å². The molecular weight excluding hydrogens is 410 g/mol. The van der Waals surface area contributed by atoms with E-state index >= 15 is 0 Å². The third-order valence-electron chi connectivity index (χ3n) is 3.68. The molecule has 1 aromatic rings. The first kappa shape index (κ1) is 20.1. The van der Waals surface area contributed by atoms with Crippen LogP contribution < -0.4 is 11.1 Å². The van der Waals surface area contributed by atoms with Gasteiger partial charge in [0.15, 0.2) is 5.96 Å². The molecule has 0 amide bonds. The number of benzene rings is 1. The first-order valence-corrected chi connectivity index (χ1v) is 7.83. The second-order valence-corrected chi connectivity index (χ2v) is 5.34. The number of halogens is 2. The molecule has 2 rings (SSSR count). The van der Waals surface area contributed by atoms with E-state index in [2.05, 4.69) is 15.2 Å². The van der Waals surface area contributed by atoms with Gasteiger partial charge in [-0.2, -0.15) is 0 Å². The van der Waals surface area contributed by atoms with Crippen LogP contribution in [-0.2, 0) is 11.2 Å². The zero-order chi connectivity index (χ0) is 15.6. The van der Waals surface area contributed by atoms with Gasteiger partial charge in [-0.15, -0.1) is 24.0 Å². The molecule has 0 aromatic heterocycles. The summed E-state index contributed by atoms with van der Waals surface area (Å²) >= 11 is 0. The van der Waals surface area contributed by atoms with Crippen LogP contribution >= 0.6 is 24.0 Å². The van der Waals surface area contributed by atoms with Gasteiger partial charge in [0.25, 0.3) is 0 Å². The predicted molar refractivity (Wildman–Crippen MR) is 102 cm³/mol. The Morgan fingerprint density at radius 3 is 2.78 bits per heavy atom. The molecule has 0 unspecified atom stereocenters. The highest BCUT2D eigenvalue weighted by molar-refractivity contribution is 14.0. The molecule has 1 aliphatic heterocycles. The van der Waals surface area contributed by atoms with Crippen LogP contribution in [0.15, 0.2) is 29.3 Å². The van der Waals surface area contributed by atoms with E-state index in [0.717, 1.165) is 39.3 Å². The largest absolute Gasteiger partial charge is 0.379 e. The lowest BCUT2D eigenvalue weighted by molar-refractivity contribution is 0.0377. The third-order valence-corrected chi connectivity index (χ3v) is 3.68. The molecule has 0 aliphatic carbocycles. The number of morpholine rings is 1. The van der Waals surface area contributed by atoms with Crippen molar-refractivity contribution in [3.05, 3.63) is 35.6 Å². The lowest BCUT2D eigenvalue weighted by atomic mass is 10.1. The maximum atomic E-state index is 13.4. The topological polar surface area (TPSA) is 62.9 Å². The molecule has 5 nitrogen and oxygen atoms in total. The monoisotopic (exact) mass is 436 g/mol. The maximum absolute atomic E-state index is 13.4. The van der Waals surface area contributed by atoms with Crippen molar-refractivity contribution in [1.82, 2.24) is 10.2 Å². The van der Waals surface area contributed by atoms with Gasteiger partial charge in [-0.1, -0.05) is 18.2 Å². The highest BCUT2D eigenvalue weighted by atomic mass is 127. The van der Waals surface area contributed by atoms with E-state index in [9.17, 15) is 4.39 Å². The van der Waals surface area contributed by atoms with Gasteiger partial charge in [-0.25, -0.2) is 4.39 Å². The number of hydrogen-bond donors (Lipinski definition) is 2. The molecule has 23 heavy (non-hydrogen) atoms. The first-order valence-electron chi connectivity index (χ1n) is 7.83. The fourth-order valence-corrected chi connectivity index (χ4v) is 2.40. The fourth-order valence-electron chi connectivity index (χ4n) is 2.40. The summed E-state index contributed by atoms with van der Waals surface area (Å²) in [5, 5.41) is 3.02. The zero-order valence-corrected chi connectivity index (χ0v) is 15.7. The van der Waals surface area contributed by atoms with Crippen molar-refractivity contribution in [2.24, 2.45) is 10.7 Å². The molecule has 130 valence electrons. The molecule has 1 saturated heterocycles. The Hall–Kier alpha value is -0.930. The molecule has 1 aliphatic rings. The van der Waals surface area contributed by atoms with E-state index in [0.29, 0.717) is 31.0 Å². The van der Waals surface area contributed by atoms with Gasteiger partial charge in [0.2, 0.25) is 0 Å².